The lowest BCUT2D eigenvalue weighted by atomic mass is 9.93. The number of sulfonamides is 1. The van der Waals surface area contributed by atoms with Crippen LogP contribution in [0.1, 0.15) is 35.9 Å². The van der Waals surface area contributed by atoms with Crippen molar-refractivity contribution in [2.75, 3.05) is 26.7 Å². The molecule has 9 heteroatoms. The third kappa shape index (κ3) is 5.42. The van der Waals surface area contributed by atoms with Crippen LogP contribution in [-0.4, -0.2) is 50.3 Å². The van der Waals surface area contributed by atoms with Crippen LogP contribution in [0.5, 0.6) is 5.75 Å². The number of rotatable bonds is 8. The Morgan fingerprint density at radius 2 is 1.83 bits per heavy atom. The van der Waals surface area contributed by atoms with Crippen LogP contribution in [0, 0.1) is 11.7 Å². The smallest absolute Gasteiger partial charge is 0.243 e. The van der Waals surface area contributed by atoms with E-state index in [0.717, 1.165) is 11.1 Å². The Balaban J connectivity index is 1.65. The van der Waals surface area contributed by atoms with E-state index in [2.05, 4.69) is 0 Å². The number of nitrogens with zero attached hydrogens (tertiary/aromatic N) is 2. The van der Waals surface area contributed by atoms with E-state index in [1.54, 1.807) is 40.5 Å². The van der Waals surface area contributed by atoms with Gasteiger partial charge in [-0.05, 0) is 71.3 Å². The van der Waals surface area contributed by atoms with Crippen molar-refractivity contribution in [1.29, 1.82) is 0 Å². The Morgan fingerprint density at radius 3 is 2.46 bits per heavy atom. The second-order valence-corrected chi connectivity index (χ2v) is 11.9. The van der Waals surface area contributed by atoms with Crippen molar-refractivity contribution in [3.8, 4) is 5.75 Å². The van der Waals surface area contributed by atoms with Crippen molar-refractivity contribution in [3.05, 3.63) is 81.8 Å². The van der Waals surface area contributed by atoms with Crippen LogP contribution in [0.2, 0.25) is 0 Å². The number of benzene rings is 2. The minimum absolute atomic E-state index is 0.0218. The van der Waals surface area contributed by atoms with Crippen LogP contribution in [0.4, 0.5) is 4.39 Å². The van der Waals surface area contributed by atoms with Crippen molar-refractivity contribution < 1.29 is 22.3 Å². The summed E-state index contributed by atoms with van der Waals surface area (Å²) in [6, 6.07) is 13.9. The Hall–Kier alpha value is -2.75. The number of hydrogen-bond donors (Lipinski definition) is 0. The van der Waals surface area contributed by atoms with Crippen LogP contribution in [-0.2, 0) is 21.2 Å². The molecule has 0 bridgehead atoms. The molecule has 0 N–H and O–H groups in total. The first-order valence-corrected chi connectivity index (χ1v) is 13.8. The van der Waals surface area contributed by atoms with Gasteiger partial charge in [-0.25, -0.2) is 12.8 Å². The second-order valence-electron chi connectivity index (χ2n) is 8.96. The number of amides is 1. The van der Waals surface area contributed by atoms with Gasteiger partial charge in [-0.1, -0.05) is 26.0 Å². The number of methoxy groups -OCH3 is 1. The van der Waals surface area contributed by atoms with E-state index in [1.165, 1.54) is 40.6 Å². The molecule has 1 atom stereocenters. The zero-order chi connectivity index (χ0) is 25.2. The number of hydrogen-bond acceptors (Lipinski definition) is 5. The van der Waals surface area contributed by atoms with Gasteiger partial charge < -0.3 is 9.64 Å². The van der Waals surface area contributed by atoms with Crippen LogP contribution in [0.25, 0.3) is 0 Å². The molecule has 2 aromatic carbocycles. The van der Waals surface area contributed by atoms with Gasteiger partial charge in [-0.15, -0.1) is 11.3 Å². The molecule has 186 valence electrons. The van der Waals surface area contributed by atoms with E-state index in [0.29, 0.717) is 18.7 Å². The first-order chi connectivity index (χ1) is 16.7. The molecule has 0 radical (unpaired) electrons. The zero-order valence-electron chi connectivity index (χ0n) is 20.0. The average Bonchev–Trinajstić information content (AvgIpc) is 3.32. The maximum absolute atomic E-state index is 13.7. The fraction of sp³-hybridized carbons (Fsp3) is 0.346. The molecule has 1 aromatic heterocycles. The number of halogens is 1. The van der Waals surface area contributed by atoms with E-state index in [4.69, 9.17) is 4.74 Å². The summed E-state index contributed by atoms with van der Waals surface area (Å²) in [4.78, 5) is 16.7. The summed E-state index contributed by atoms with van der Waals surface area (Å²) in [6.07, 6.45) is 0.700. The van der Waals surface area contributed by atoms with Crippen molar-refractivity contribution in [2.24, 2.45) is 5.92 Å². The van der Waals surface area contributed by atoms with Crippen molar-refractivity contribution >= 4 is 27.3 Å². The van der Waals surface area contributed by atoms with Crippen LogP contribution in [0.15, 0.2) is 64.9 Å². The number of ether oxygens (including phenoxy) is 1. The molecule has 2 heterocycles. The first kappa shape index (κ1) is 25.3. The maximum Gasteiger partial charge on any atom is 0.243 e. The summed E-state index contributed by atoms with van der Waals surface area (Å²) in [5.41, 5.74) is 1.81. The fourth-order valence-electron chi connectivity index (χ4n) is 4.38. The van der Waals surface area contributed by atoms with Gasteiger partial charge in [0, 0.05) is 18.0 Å². The molecule has 0 spiro atoms. The fourth-order valence-corrected chi connectivity index (χ4v) is 6.84. The lowest BCUT2D eigenvalue weighted by Crippen LogP contribution is -2.47. The van der Waals surface area contributed by atoms with Crippen molar-refractivity contribution in [1.82, 2.24) is 9.21 Å². The maximum atomic E-state index is 13.7. The predicted octanol–water partition coefficient (Wildman–Crippen LogP) is 4.72. The summed E-state index contributed by atoms with van der Waals surface area (Å²) in [6.45, 7) is 4.23. The number of carbonyl (C=O) groups excluding carboxylic acids is 1. The molecule has 6 nitrogen and oxygen atoms in total. The highest BCUT2D eigenvalue weighted by Gasteiger charge is 2.35. The predicted molar refractivity (Wildman–Crippen MR) is 135 cm³/mol. The van der Waals surface area contributed by atoms with Gasteiger partial charge in [0.2, 0.25) is 15.9 Å². The molecule has 0 fully saturated rings. The molecule has 3 aromatic rings. The Bertz CT molecular complexity index is 1270. The summed E-state index contributed by atoms with van der Waals surface area (Å²) in [5.74, 6) is -0.0541. The number of carbonyl (C=O) groups is 1. The summed E-state index contributed by atoms with van der Waals surface area (Å²) < 4.78 is 47.0. The van der Waals surface area contributed by atoms with E-state index >= 15 is 0 Å². The van der Waals surface area contributed by atoms with Gasteiger partial charge in [0.25, 0.3) is 0 Å². The van der Waals surface area contributed by atoms with E-state index in [9.17, 15) is 17.6 Å². The number of fused-ring (bicyclic) bond motifs is 1. The van der Waals surface area contributed by atoms with Gasteiger partial charge in [0.1, 0.15) is 11.6 Å². The van der Waals surface area contributed by atoms with E-state index in [1.807, 2.05) is 25.3 Å². The third-order valence-corrected chi connectivity index (χ3v) is 8.87. The van der Waals surface area contributed by atoms with Crippen LogP contribution in [0.3, 0.4) is 0 Å². The molecule has 4 rings (SSSR count). The Labute approximate surface area is 210 Å². The molecule has 1 unspecified atom stereocenters. The van der Waals surface area contributed by atoms with Gasteiger partial charge in [-0.2, -0.15) is 4.31 Å². The summed E-state index contributed by atoms with van der Waals surface area (Å²) in [5, 5.41) is 1.99. The minimum Gasteiger partial charge on any atom is -0.497 e. The molecule has 0 saturated heterocycles. The van der Waals surface area contributed by atoms with Crippen LogP contribution < -0.4 is 4.74 Å². The quantitative estimate of drug-likeness (QED) is 0.435. The van der Waals surface area contributed by atoms with E-state index in [-0.39, 0.29) is 41.7 Å². The second kappa shape index (κ2) is 10.5. The molecule has 0 saturated carbocycles. The summed E-state index contributed by atoms with van der Waals surface area (Å²) >= 11 is 1.64. The molecule has 1 aliphatic heterocycles. The molecular formula is C26H29FN2O4S2. The van der Waals surface area contributed by atoms with E-state index < -0.39 is 10.0 Å². The zero-order valence-corrected chi connectivity index (χ0v) is 21.6. The highest BCUT2D eigenvalue weighted by atomic mass is 32.2. The highest BCUT2D eigenvalue weighted by molar-refractivity contribution is 7.89. The highest BCUT2D eigenvalue weighted by Crippen LogP contribution is 2.38. The lowest BCUT2D eigenvalue weighted by molar-refractivity contribution is -0.133. The lowest BCUT2D eigenvalue weighted by Gasteiger charge is -2.37. The Morgan fingerprint density at radius 1 is 1.14 bits per heavy atom. The molecule has 1 aliphatic rings. The van der Waals surface area contributed by atoms with Gasteiger partial charge in [0.15, 0.2) is 0 Å². The normalized spacial score (nSPS) is 15.9. The first-order valence-electron chi connectivity index (χ1n) is 11.5. The van der Waals surface area contributed by atoms with Gasteiger partial charge in [0.05, 0.1) is 24.6 Å². The molecular weight excluding hydrogens is 487 g/mol. The van der Waals surface area contributed by atoms with Gasteiger partial charge >= 0.3 is 0 Å². The standard InChI is InChI=1S/C26H29FN2O4S2/c1-18(2)16-28(35(31,32)22-10-8-21(33-3)9-11-22)17-25(30)29-14-12-24-23(13-15-34-24)26(29)19-4-6-20(27)7-5-19/h4-11,13,15,18,26H,12,14,16-17H2,1-3H3. The largest absolute Gasteiger partial charge is 0.497 e. The monoisotopic (exact) mass is 516 g/mol. The van der Waals surface area contributed by atoms with Crippen molar-refractivity contribution in [2.45, 2.75) is 31.2 Å². The van der Waals surface area contributed by atoms with Gasteiger partial charge in [-0.3, -0.25) is 4.79 Å². The minimum atomic E-state index is -3.91. The third-order valence-electron chi connectivity index (χ3n) is 6.05. The van der Waals surface area contributed by atoms with Crippen molar-refractivity contribution in [3.63, 3.8) is 0 Å². The molecule has 1 amide bonds. The topological polar surface area (TPSA) is 66.9 Å². The van der Waals surface area contributed by atoms with Crippen LogP contribution >= 0.6 is 11.3 Å². The Kier molecular flexibility index (Phi) is 7.59. The SMILES string of the molecule is COc1ccc(S(=O)(=O)N(CC(=O)N2CCc3sccc3C2c2ccc(F)cc2)CC(C)C)cc1. The molecule has 35 heavy (non-hydrogen) atoms. The summed E-state index contributed by atoms with van der Waals surface area (Å²) in [7, 11) is -2.39. The average molecular weight is 517 g/mol. The molecule has 0 aliphatic carbocycles. The number of thiophene rings is 1.